The zero-order chi connectivity index (χ0) is 14.2. The van der Waals surface area contributed by atoms with E-state index < -0.39 is 0 Å². The molecule has 1 aliphatic rings. The number of ether oxygens (including phenoxy) is 2. The molecule has 1 heterocycles. The van der Waals surface area contributed by atoms with Gasteiger partial charge in [-0.2, -0.15) is 0 Å². The molecule has 0 radical (unpaired) electrons. The lowest BCUT2D eigenvalue weighted by Crippen LogP contribution is -2.41. The Balaban J connectivity index is 1.83. The molecule has 1 fully saturated rings. The van der Waals surface area contributed by atoms with Gasteiger partial charge in [0.1, 0.15) is 5.75 Å². The van der Waals surface area contributed by atoms with Crippen LogP contribution >= 0.6 is 0 Å². The molecule has 0 bridgehead atoms. The quantitative estimate of drug-likeness (QED) is 0.861. The highest BCUT2D eigenvalue weighted by Crippen LogP contribution is 2.17. The highest BCUT2D eigenvalue weighted by Gasteiger charge is 2.14. The molecule has 1 amide bonds. The van der Waals surface area contributed by atoms with Gasteiger partial charge >= 0.3 is 0 Å². The van der Waals surface area contributed by atoms with Crippen LogP contribution in [0.2, 0.25) is 0 Å². The summed E-state index contributed by atoms with van der Waals surface area (Å²) in [7, 11) is 0. The predicted molar refractivity (Wildman–Crippen MR) is 78.1 cm³/mol. The molecule has 5 nitrogen and oxygen atoms in total. The number of rotatable bonds is 6. The largest absolute Gasteiger partial charge is 0.494 e. The van der Waals surface area contributed by atoms with Crippen LogP contribution in [0.1, 0.15) is 13.3 Å². The van der Waals surface area contributed by atoms with Gasteiger partial charge in [0, 0.05) is 24.8 Å². The number of nitrogens with zero attached hydrogens (tertiary/aromatic N) is 1. The minimum atomic E-state index is -0.000425. The molecule has 0 atom stereocenters. The third-order valence-corrected chi connectivity index (χ3v) is 3.06. The van der Waals surface area contributed by atoms with E-state index >= 15 is 0 Å². The molecule has 1 aromatic carbocycles. The van der Waals surface area contributed by atoms with Crippen molar-refractivity contribution in [3.8, 4) is 5.75 Å². The van der Waals surface area contributed by atoms with Gasteiger partial charge in [-0.25, -0.2) is 0 Å². The summed E-state index contributed by atoms with van der Waals surface area (Å²) >= 11 is 0. The average molecular weight is 278 g/mol. The van der Waals surface area contributed by atoms with Crippen molar-refractivity contribution in [1.82, 2.24) is 4.90 Å². The summed E-state index contributed by atoms with van der Waals surface area (Å²) < 4.78 is 10.8. The van der Waals surface area contributed by atoms with Gasteiger partial charge in [0.05, 0.1) is 26.4 Å². The first-order valence-electron chi connectivity index (χ1n) is 7.10. The lowest BCUT2D eigenvalue weighted by molar-refractivity contribution is -0.118. The first-order chi connectivity index (χ1) is 9.78. The predicted octanol–water partition coefficient (Wildman–Crippen LogP) is 1.75. The van der Waals surface area contributed by atoms with Crippen molar-refractivity contribution in [2.75, 3.05) is 44.8 Å². The van der Waals surface area contributed by atoms with E-state index in [1.807, 2.05) is 24.3 Å². The molecular weight excluding hydrogens is 256 g/mol. The number of benzene rings is 1. The maximum absolute atomic E-state index is 12.0. The van der Waals surface area contributed by atoms with Crippen molar-refractivity contribution < 1.29 is 14.3 Å². The monoisotopic (exact) mass is 278 g/mol. The van der Waals surface area contributed by atoms with Crippen LogP contribution in [-0.2, 0) is 9.53 Å². The fraction of sp³-hybridized carbons (Fsp3) is 0.533. The van der Waals surface area contributed by atoms with Crippen LogP contribution in [0.3, 0.4) is 0 Å². The molecule has 0 spiro atoms. The average Bonchev–Trinajstić information content (AvgIpc) is 2.46. The van der Waals surface area contributed by atoms with Gasteiger partial charge in [0.2, 0.25) is 5.91 Å². The maximum Gasteiger partial charge on any atom is 0.238 e. The Hall–Kier alpha value is -1.59. The van der Waals surface area contributed by atoms with Crippen LogP contribution in [0, 0.1) is 0 Å². The maximum atomic E-state index is 12.0. The molecule has 1 aliphatic heterocycles. The second-order valence-corrected chi connectivity index (χ2v) is 4.81. The zero-order valence-electron chi connectivity index (χ0n) is 11.9. The fourth-order valence-electron chi connectivity index (χ4n) is 2.05. The normalized spacial score (nSPS) is 15.8. The van der Waals surface area contributed by atoms with E-state index in [-0.39, 0.29) is 5.91 Å². The Bertz CT molecular complexity index is 431. The SMILES string of the molecule is CCCOc1cccc(NC(=O)CN2CCOCC2)c1. The van der Waals surface area contributed by atoms with Crippen molar-refractivity contribution in [2.45, 2.75) is 13.3 Å². The van der Waals surface area contributed by atoms with Gasteiger partial charge in [-0.3, -0.25) is 9.69 Å². The van der Waals surface area contributed by atoms with Crippen molar-refractivity contribution in [2.24, 2.45) is 0 Å². The Morgan fingerprint density at radius 1 is 1.40 bits per heavy atom. The number of hydrogen-bond acceptors (Lipinski definition) is 4. The molecule has 1 aromatic rings. The minimum absolute atomic E-state index is 0.000425. The lowest BCUT2D eigenvalue weighted by Gasteiger charge is -2.25. The molecule has 0 saturated carbocycles. The topological polar surface area (TPSA) is 50.8 Å². The Morgan fingerprint density at radius 3 is 2.95 bits per heavy atom. The number of anilines is 1. The molecule has 1 N–H and O–H groups in total. The highest BCUT2D eigenvalue weighted by molar-refractivity contribution is 5.92. The van der Waals surface area contributed by atoms with E-state index in [1.165, 1.54) is 0 Å². The molecule has 0 aliphatic carbocycles. The van der Waals surface area contributed by atoms with E-state index in [0.717, 1.165) is 30.9 Å². The summed E-state index contributed by atoms with van der Waals surface area (Å²) in [6.07, 6.45) is 0.966. The summed E-state index contributed by atoms with van der Waals surface area (Å²) in [5, 5.41) is 2.90. The van der Waals surface area contributed by atoms with Crippen molar-refractivity contribution in [1.29, 1.82) is 0 Å². The molecule has 110 valence electrons. The Morgan fingerprint density at radius 2 is 2.20 bits per heavy atom. The van der Waals surface area contributed by atoms with E-state index in [2.05, 4.69) is 17.1 Å². The number of morpholine rings is 1. The molecule has 5 heteroatoms. The Kier molecular flexibility index (Phi) is 5.83. The van der Waals surface area contributed by atoms with Crippen LogP contribution in [0.5, 0.6) is 5.75 Å². The number of carbonyl (C=O) groups is 1. The van der Waals surface area contributed by atoms with Gasteiger partial charge in [0.25, 0.3) is 0 Å². The van der Waals surface area contributed by atoms with E-state index in [4.69, 9.17) is 9.47 Å². The second kappa shape index (κ2) is 7.87. The van der Waals surface area contributed by atoms with Gasteiger partial charge in [0.15, 0.2) is 0 Å². The van der Waals surface area contributed by atoms with Crippen molar-refractivity contribution in [3.63, 3.8) is 0 Å². The summed E-state index contributed by atoms with van der Waals surface area (Å²) in [5.41, 5.74) is 0.775. The number of hydrogen-bond donors (Lipinski definition) is 1. The van der Waals surface area contributed by atoms with Gasteiger partial charge in [-0.15, -0.1) is 0 Å². The summed E-state index contributed by atoms with van der Waals surface area (Å²) in [6, 6.07) is 7.51. The van der Waals surface area contributed by atoms with Crippen LogP contribution in [-0.4, -0.2) is 50.3 Å². The van der Waals surface area contributed by atoms with Crippen LogP contribution in [0.15, 0.2) is 24.3 Å². The van der Waals surface area contributed by atoms with Gasteiger partial charge in [-0.1, -0.05) is 13.0 Å². The van der Waals surface area contributed by atoms with E-state index in [9.17, 15) is 4.79 Å². The zero-order valence-corrected chi connectivity index (χ0v) is 11.9. The molecule has 20 heavy (non-hydrogen) atoms. The summed E-state index contributed by atoms with van der Waals surface area (Å²) in [6.45, 7) is 6.18. The molecule has 2 rings (SSSR count). The number of carbonyl (C=O) groups excluding carboxylic acids is 1. The van der Waals surface area contributed by atoms with E-state index in [0.29, 0.717) is 26.4 Å². The highest BCUT2D eigenvalue weighted by atomic mass is 16.5. The van der Waals surface area contributed by atoms with Crippen molar-refractivity contribution >= 4 is 11.6 Å². The number of nitrogens with one attached hydrogen (secondary N) is 1. The van der Waals surface area contributed by atoms with E-state index in [1.54, 1.807) is 0 Å². The fourth-order valence-corrected chi connectivity index (χ4v) is 2.05. The standard InChI is InChI=1S/C15H22N2O3/c1-2-8-20-14-5-3-4-13(11-14)16-15(18)12-17-6-9-19-10-7-17/h3-5,11H,2,6-10,12H2,1H3,(H,16,18). The van der Waals surface area contributed by atoms with Crippen LogP contribution in [0.4, 0.5) is 5.69 Å². The van der Waals surface area contributed by atoms with Gasteiger partial charge < -0.3 is 14.8 Å². The first-order valence-corrected chi connectivity index (χ1v) is 7.10. The second-order valence-electron chi connectivity index (χ2n) is 4.81. The molecule has 0 aromatic heterocycles. The summed E-state index contributed by atoms with van der Waals surface area (Å²) in [4.78, 5) is 14.1. The lowest BCUT2D eigenvalue weighted by atomic mass is 10.3. The smallest absolute Gasteiger partial charge is 0.238 e. The summed E-state index contributed by atoms with van der Waals surface area (Å²) in [5.74, 6) is 0.788. The van der Waals surface area contributed by atoms with Crippen LogP contribution < -0.4 is 10.1 Å². The van der Waals surface area contributed by atoms with Crippen LogP contribution in [0.25, 0.3) is 0 Å². The van der Waals surface area contributed by atoms with Gasteiger partial charge in [-0.05, 0) is 18.6 Å². The number of amides is 1. The molecule has 0 unspecified atom stereocenters. The minimum Gasteiger partial charge on any atom is -0.494 e. The third-order valence-electron chi connectivity index (χ3n) is 3.06. The Labute approximate surface area is 119 Å². The first kappa shape index (κ1) is 14.8. The van der Waals surface area contributed by atoms with Crippen molar-refractivity contribution in [3.05, 3.63) is 24.3 Å². The third kappa shape index (κ3) is 4.83. The molecule has 1 saturated heterocycles. The molecular formula is C15H22N2O3.